The highest BCUT2D eigenvalue weighted by atomic mass is 16.5. The van der Waals surface area contributed by atoms with Crippen molar-refractivity contribution >= 4 is 0 Å². The maximum Gasteiger partial charge on any atom is 0.122 e. The van der Waals surface area contributed by atoms with Crippen LogP contribution < -0.4 is 10.1 Å². The van der Waals surface area contributed by atoms with Gasteiger partial charge in [-0.2, -0.15) is 0 Å². The van der Waals surface area contributed by atoms with E-state index < -0.39 is 0 Å². The third-order valence-corrected chi connectivity index (χ3v) is 3.60. The van der Waals surface area contributed by atoms with Crippen molar-refractivity contribution in [2.75, 3.05) is 19.7 Å². The van der Waals surface area contributed by atoms with Gasteiger partial charge in [-0.3, -0.25) is 0 Å². The first kappa shape index (κ1) is 18.0. The Balaban J connectivity index is 2.22. The summed E-state index contributed by atoms with van der Waals surface area (Å²) in [4.78, 5) is 0. The minimum absolute atomic E-state index is 0.515. The number of unbranched alkanes of at least 4 members (excludes halogenated alkanes) is 2. The first-order valence-corrected chi connectivity index (χ1v) is 8.44. The third-order valence-electron chi connectivity index (χ3n) is 3.60. The summed E-state index contributed by atoms with van der Waals surface area (Å²) in [5.41, 5.74) is 2.59. The zero-order valence-electron chi connectivity index (χ0n) is 14.5. The van der Waals surface area contributed by atoms with E-state index in [1.54, 1.807) is 0 Å². The molecule has 0 heterocycles. The second-order valence-corrected chi connectivity index (χ2v) is 6.70. The summed E-state index contributed by atoms with van der Waals surface area (Å²) in [6.07, 6.45) is 3.60. The predicted octanol–water partition coefficient (Wildman–Crippen LogP) is 4.91. The molecule has 0 saturated carbocycles. The maximum absolute atomic E-state index is 6.00. The lowest BCUT2D eigenvalue weighted by atomic mass is 10.0. The highest BCUT2D eigenvalue weighted by Crippen LogP contribution is 2.27. The van der Waals surface area contributed by atoms with Gasteiger partial charge in [-0.25, -0.2) is 0 Å². The molecule has 1 aromatic rings. The number of ether oxygens (including phenoxy) is 1. The van der Waals surface area contributed by atoms with Gasteiger partial charge in [0.1, 0.15) is 5.75 Å². The lowest BCUT2D eigenvalue weighted by Gasteiger charge is -2.15. The van der Waals surface area contributed by atoms with E-state index >= 15 is 0 Å². The highest BCUT2D eigenvalue weighted by Gasteiger charge is 2.07. The van der Waals surface area contributed by atoms with Crippen LogP contribution >= 0.6 is 0 Å². The van der Waals surface area contributed by atoms with Crippen LogP contribution in [0.4, 0.5) is 0 Å². The summed E-state index contributed by atoms with van der Waals surface area (Å²) in [6.45, 7) is 14.1. The molecule has 0 fully saturated rings. The Bertz CT molecular complexity index is 399. The quantitative estimate of drug-likeness (QED) is 0.618. The minimum Gasteiger partial charge on any atom is -0.493 e. The van der Waals surface area contributed by atoms with Gasteiger partial charge in [0.15, 0.2) is 0 Å². The van der Waals surface area contributed by atoms with Crippen LogP contribution in [0.5, 0.6) is 5.75 Å². The second kappa shape index (κ2) is 9.83. The van der Waals surface area contributed by atoms with Crippen LogP contribution in [0.15, 0.2) is 18.2 Å². The number of aryl methyl sites for hydroxylation is 1. The molecular formula is C19H33NO. The average molecular weight is 291 g/mol. The van der Waals surface area contributed by atoms with Crippen molar-refractivity contribution in [3.8, 4) is 5.75 Å². The number of nitrogens with one attached hydrogen (secondary N) is 1. The van der Waals surface area contributed by atoms with Crippen molar-refractivity contribution in [1.29, 1.82) is 0 Å². The molecule has 1 rings (SSSR count). The Morgan fingerprint density at radius 3 is 2.48 bits per heavy atom. The topological polar surface area (TPSA) is 21.3 Å². The van der Waals surface area contributed by atoms with Crippen LogP contribution in [0.25, 0.3) is 0 Å². The number of rotatable bonds is 10. The first-order valence-electron chi connectivity index (χ1n) is 8.44. The van der Waals surface area contributed by atoms with Gasteiger partial charge in [0.2, 0.25) is 0 Å². The van der Waals surface area contributed by atoms with E-state index in [1.807, 2.05) is 0 Å². The fraction of sp³-hybridized carbons (Fsp3) is 0.684. The molecule has 0 atom stereocenters. The molecule has 0 bridgehead atoms. The van der Waals surface area contributed by atoms with Gasteiger partial charge in [-0.15, -0.1) is 0 Å². The Hall–Kier alpha value is -1.02. The summed E-state index contributed by atoms with van der Waals surface area (Å²) in [5.74, 6) is 2.33. The summed E-state index contributed by atoms with van der Waals surface area (Å²) in [5, 5.41) is 3.48. The molecule has 0 aliphatic heterocycles. The SMILES string of the molecule is Cc1ccc(C(C)C)c(OCCCCCNCC(C)C)c1. The van der Waals surface area contributed by atoms with E-state index in [2.05, 4.69) is 58.1 Å². The fourth-order valence-electron chi connectivity index (χ4n) is 2.35. The molecule has 2 nitrogen and oxygen atoms in total. The maximum atomic E-state index is 6.00. The van der Waals surface area contributed by atoms with Crippen molar-refractivity contribution in [3.05, 3.63) is 29.3 Å². The van der Waals surface area contributed by atoms with Crippen LogP contribution in [0.2, 0.25) is 0 Å². The van der Waals surface area contributed by atoms with E-state index in [-0.39, 0.29) is 0 Å². The molecule has 0 unspecified atom stereocenters. The van der Waals surface area contributed by atoms with Crippen LogP contribution in [0.3, 0.4) is 0 Å². The minimum atomic E-state index is 0.515. The van der Waals surface area contributed by atoms with Crippen LogP contribution in [-0.2, 0) is 0 Å². The number of hydrogen-bond acceptors (Lipinski definition) is 2. The fourth-order valence-corrected chi connectivity index (χ4v) is 2.35. The zero-order chi connectivity index (χ0) is 15.7. The average Bonchev–Trinajstić information content (AvgIpc) is 2.41. The Labute approximate surface area is 131 Å². The van der Waals surface area contributed by atoms with Gasteiger partial charge >= 0.3 is 0 Å². The number of benzene rings is 1. The predicted molar refractivity (Wildman–Crippen MR) is 92.3 cm³/mol. The van der Waals surface area contributed by atoms with Crippen LogP contribution in [-0.4, -0.2) is 19.7 Å². The Morgan fingerprint density at radius 2 is 1.81 bits per heavy atom. The van der Waals surface area contributed by atoms with Crippen molar-refractivity contribution < 1.29 is 4.74 Å². The zero-order valence-corrected chi connectivity index (χ0v) is 14.5. The molecule has 0 aromatic heterocycles. The molecule has 0 aliphatic carbocycles. The molecule has 120 valence electrons. The molecule has 0 saturated heterocycles. The molecule has 0 aliphatic rings. The van der Waals surface area contributed by atoms with Crippen molar-refractivity contribution in [2.45, 2.75) is 59.8 Å². The molecule has 1 aromatic carbocycles. The van der Waals surface area contributed by atoms with Gasteiger partial charge in [0.05, 0.1) is 6.61 Å². The molecule has 21 heavy (non-hydrogen) atoms. The first-order chi connectivity index (χ1) is 10.0. The Kier molecular flexibility index (Phi) is 8.44. The molecule has 1 N–H and O–H groups in total. The molecular weight excluding hydrogens is 258 g/mol. The van der Waals surface area contributed by atoms with Gasteiger partial charge < -0.3 is 10.1 Å². The summed E-state index contributed by atoms with van der Waals surface area (Å²) in [7, 11) is 0. The largest absolute Gasteiger partial charge is 0.493 e. The standard InChI is InChI=1S/C19H33NO/c1-15(2)14-20-11-7-6-8-12-21-19-13-17(5)9-10-18(19)16(3)4/h9-10,13,15-16,20H,6-8,11-12,14H2,1-5H3. The third kappa shape index (κ3) is 7.52. The molecule has 0 amide bonds. The van der Waals surface area contributed by atoms with Crippen LogP contribution in [0.1, 0.15) is 64.0 Å². The molecule has 0 spiro atoms. The Morgan fingerprint density at radius 1 is 1.05 bits per heavy atom. The van der Waals surface area contributed by atoms with Gasteiger partial charge in [0.25, 0.3) is 0 Å². The van der Waals surface area contributed by atoms with E-state index in [1.165, 1.54) is 24.0 Å². The number of hydrogen-bond donors (Lipinski definition) is 1. The van der Waals surface area contributed by atoms with E-state index in [0.29, 0.717) is 5.92 Å². The van der Waals surface area contributed by atoms with Crippen molar-refractivity contribution in [1.82, 2.24) is 5.32 Å². The lowest BCUT2D eigenvalue weighted by Crippen LogP contribution is -2.20. The summed E-state index contributed by atoms with van der Waals surface area (Å²) in [6, 6.07) is 6.54. The highest BCUT2D eigenvalue weighted by molar-refractivity contribution is 5.39. The van der Waals surface area contributed by atoms with E-state index in [4.69, 9.17) is 4.74 Å². The second-order valence-electron chi connectivity index (χ2n) is 6.70. The smallest absolute Gasteiger partial charge is 0.122 e. The monoisotopic (exact) mass is 291 g/mol. The van der Waals surface area contributed by atoms with Gasteiger partial charge in [-0.05, 0) is 68.3 Å². The lowest BCUT2D eigenvalue weighted by molar-refractivity contribution is 0.300. The normalized spacial score (nSPS) is 11.4. The van der Waals surface area contributed by atoms with Gasteiger partial charge in [-0.1, -0.05) is 39.8 Å². The van der Waals surface area contributed by atoms with Crippen LogP contribution in [0, 0.1) is 12.8 Å². The van der Waals surface area contributed by atoms with E-state index in [9.17, 15) is 0 Å². The van der Waals surface area contributed by atoms with Crippen molar-refractivity contribution in [2.24, 2.45) is 5.92 Å². The summed E-state index contributed by atoms with van der Waals surface area (Å²) < 4.78 is 6.00. The summed E-state index contributed by atoms with van der Waals surface area (Å²) >= 11 is 0. The molecule has 2 heteroatoms. The van der Waals surface area contributed by atoms with Crippen molar-refractivity contribution in [3.63, 3.8) is 0 Å². The van der Waals surface area contributed by atoms with E-state index in [0.717, 1.165) is 37.8 Å². The van der Waals surface area contributed by atoms with Gasteiger partial charge in [0, 0.05) is 0 Å². The molecule has 0 radical (unpaired) electrons.